The van der Waals surface area contributed by atoms with Gasteiger partial charge in [0.25, 0.3) is 5.91 Å². The van der Waals surface area contributed by atoms with Gasteiger partial charge in [0.1, 0.15) is 0 Å². The largest absolute Gasteiger partial charge is 0.460 e. The highest BCUT2D eigenvalue weighted by Crippen LogP contribution is 2.61. The predicted molar refractivity (Wildman–Crippen MR) is 68.3 cm³/mol. The van der Waals surface area contributed by atoms with Crippen LogP contribution in [0.4, 0.5) is 57.1 Å². The fourth-order valence-electron chi connectivity index (χ4n) is 1.45. The molecule has 0 aromatic rings. The molecule has 1 amide bonds. The van der Waals surface area contributed by atoms with E-state index < -0.39 is 53.2 Å². The van der Waals surface area contributed by atoms with Gasteiger partial charge in [-0.1, -0.05) is 13.5 Å². The highest BCUT2D eigenvalue weighted by Gasteiger charge is 2.91. The van der Waals surface area contributed by atoms with Crippen molar-refractivity contribution in [1.29, 1.82) is 0 Å². The fraction of sp³-hybridized carbons (Fsp3) is 0.692. The molecule has 0 aromatic carbocycles. The van der Waals surface area contributed by atoms with Crippen LogP contribution in [-0.2, 0) is 4.79 Å². The summed E-state index contributed by atoms with van der Waals surface area (Å²) < 4.78 is 168. The molecule has 0 aliphatic carbocycles. The third-order valence-corrected chi connectivity index (χ3v) is 3.31. The second-order valence-electron chi connectivity index (χ2n) is 5.57. The van der Waals surface area contributed by atoms with Crippen molar-refractivity contribution in [3.05, 3.63) is 12.2 Å². The van der Waals surface area contributed by atoms with E-state index in [2.05, 4.69) is 11.6 Å². The number of nitrogens with zero attached hydrogens (tertiary/aromatic N) is 1. The molecule has 2 nitrogen and oxygen atoms in total. The van der Waals surface area contributed by atoms with Gasteiger partial charge in [-0.05, 0) is 6.92 Å². The zero-order valence-electron chi connectivity index (χ0n) is 13.6. The van der Waals surface area contributed by atoms with Gasteiger partial charge in [0.05, 0.1) is 5.92 Å². The number of aliphatic imine (C=N–C) groups is 1. The monoisotopic (exact) mass is 443 g/mol. The third kappa shape index (κ3) is 3.83. The number of hydrogen-bond donors (Lipinski definition) is 0. The van der Waals surface area contributed by atoms with Gasteiger partial charge >= 0.3 is 35.8 Å². The molecule has 0 spiro atoms. The van der Waals surface area contributed by atoms with Gasteiger partial charge in [0.15, 0.2) is 0 Å². The molecule has 0 fully saturated rings. The molecule has 28 heavy (non-hydrogen) atoms. The SMILES string of the molecule is C=C(C)C(=O)N=CC(C)C(F)(F)C(F)(F)C(F)(F)C(F)(F)C(F)(F)C(F)(F)F. The van der Waals surface area contributed by atoms with Crippen LogP contribution in [0.25, 0.3) is 0 Å². The minimum Gasteiger partial charge on any atom is -0.267 e. The molecular formula is C13H10F13NO. The van der Waals surface area contributed by atoms with Crippen molar-refractivity contribution in [2.45, 2.75) is 49.6 Å². The highest BCUT2D eigenvalue weighted by atomic mass is 19.4. The first-order valence-electron chi connectivity index (χ1n) is 6.70. The molecule has 0 rings (SSSR count). The van der Waals surface area contributed by atoms with Crippen molar-refractivity contribution in [1.82, 2.24) is 0 Å². The zero-order chi connectivity index (χ0) is 23.1. The van der Waals surface area contributed by atoms with Crippen LogP contribution in [0.15, 0.2) is 17.1 Å². The van der Waals surface area contributed by atoms with Crippen molar-refractivity contribution < 1.29 is 61.9 Å². The van der Waals surface area contributed by atoms with E-state index in [0.717, 1.165) is 6.92 Å². The van der Waals surface area contributed by atoms with Crippen LogP contribution in [0.3, 0.4) is 0 Å². The lowest BCUT2D eigenvalue weighted by Gasteiger charge is -2.40. The first-order chi connectivity index (χ1) is 12.0. The summed E-state index contributed by atoms with van der Waals surface area (Å²) >= 11 is 0. The average Bonchev–Trinajstić information content (AvgIpc) is 2.49. The lowest BCUT2D eigenvalue weighted by Crippen LogP contribution is -2.70. The van der Waals surface area contributed by atoms with Crippen molar-refractivity contribution >= 4 is 12.1 Å². The molecule has 1 unspecified atom stereocenters. The van der Waals surface area contributed by atoms with E-state index >= 15 is 0 Å². The van der Waals surface area contributed by atoms with Gasteiger partial charge in [-0.15, -0.1) is 0 Å². The molecule has 0 aromatic heterocycles. The number of carbonyl (C=O) groups is 1. The number of rotatable bonds is 7. The number of hydrogen-bond acceptors (Lipinski definition) is 1. The molecule has 0 aliphatic rings. The molecule has 0 radical (unpaired) electrons. The lowest BCUT2D eigenvalue weighted by molar-refractivity contribution is -0.441. The standard InChI is InChI=1S/C13H10F13NO/c1-5(2)7(28)27-4-6(3)8(14,15)9(16,17)10(18,19)11(20,21)12(22,23)13(24,25)26/h4,6H,1H2,2-3H3. The Balaban J connectivity index is 6.25. The van der Waals surface area contributed by atoms with Gasteiger partial charge in [-0.3, -0.25) is 4.79 Å². The summed E-state index contributed by atoms with van der Waals surface area (Å²) in [7, 11) is 0. The van der Waals surface area contributed by atoms with Crippen molar-refractivity contribution in [3.63, 3.8) is 0 Å². The Morgan fingerprint density at radius 1 is 0.786 bits per heavy atom. The van der Waals surface area contributed by atoms with Crippen LogP contribution in [0, 0.1) is 5.92 Å². The normalized spacial score (nSPS) is 16.4. The molecule has 0 saturated heterocycles. The van der Waals surface area contributed by atoms with Gasteiger partial charge in [-0.2, -0.15) is 57.1 Å². The topological polar surface area (TPSA) is 29.4 Å². The summed E-state index contributed by atoms with van der Waals surface area (Å²) in [5.74, 6) is -42.1. The minimum atomic E-state index is -7.96. The molecule has 0 heterocycles. The van der Waals surface area contributed by atoms with Crippen molar-refractivity contribution in [2.75, 3.05) is 0 Å². The summed E-state index contributed by atoms with van der Waals surface area (Å²) in [4.78, 5) is 13.6. The predicted octanol–water partition coefficient (Wildman–Crippen LogP) is 5.53. The van der Waals surface area contributed by atoms with Crippen LogP contribution in [-0.4, -0.2) is 47.9 Å². The second-order valence-corrected chi connectivity index (χ2v) is 5.57. The quantitative estimate of drug-likeness (QED) is 0.289. The Labute approximate surface area is 148 Å². The number of amides is 1. The fourth-order valence-corrected chi connectivity index (χ4v) is 1.45. The van der Waals surface area contributed by atoms with Crippen LogP contribution in [0.5, 0.6) is 0 Å². The maximum Gasteiger partial charge on any atom is 0.460 e. The summed E-state index contributed by atoms with van der Waals surface area (Å²) in [5.41, 5.74) is -0.444. The lowest BCUT2D eigenvalue weighted by atomic mass is 9.88. The Hall–Kier alpha value is -1.83. The van der Waals surface area contributed by atoms with Crippen LogP contribution in [0.1, 0.15) is 13.8 Å². The highest BCUT2D eigenvalue weighted by molar-refractivity contribution is 5.97. The average molecular weight is 443 g/mol. The van der Waals surface area contributed by atoms with E-state index in [1.54, 1.807) is 0 Å². The van der Waals surface area contributed by atoms with E-state index in [1.165, 1.54) is 0 Å². The van der Waals surface area contributed by atoms with Gasteiger partial charge < -0.3 is 0 Å². The summed E-state index contributed by atoms with van der Waals surface area (Å²) in [6.45, 7) is 3.88. The van der Waals surface area contributed by atoms with E-state index in [4.69, 9.17) is 0 Å². The maximum atomic E-state index is 13.6. The van der Waals surface area contributed by atoms with Gasteiger partial charge in [-0.25, -0.2) is 4.99 Å². The number of halogens is 13. The summed E-state index contributed by atoms with van der Waals surface area (Å²) in [6, 6.07) is 0. The maximum absolute atomic E-state index is 13.6. The van der Waals surface area contributed by atoms with Crippen LogP contribution >= 0.6 is 0 Å². The molecule has 0 saturated carbocycles. The first kappa shape index (κ1) is 26.2. The van der Waals surface area contributed by atoms with Crippen LogP contribution in [0.2, 0.25) is 0 Å². The molecule has 0 N–H and O–H groups in total. The third-order valence-electron chi connectivity index (χ3n) is 3.31. The molecule has 15 heteroatoms. The molecular weight excluding hydrogens is 433 g/mol. The van der Waals surface area contributed by atoms with E-state index in [9.17, 15) is 61.9 Å². The Bertz CT molecular complexity index is 647. The van der Waals surface area contributed by atoms with Crippen molar-refractivity contribution in [2.24, 2.45) is 10.9 Å². The first-order valence-corrected chi connectivity index (χ1v) is 6.70. The van der Waals surface area contributed by atoms with Crippen molar-refractivity contribution in [3.8, 4) is 0 Å². The molecule has 1 atom stereocenters. The zero-order valence-corrected chi connectivity index (χ0v) is 13.6. The summed E-state index contributed by atoms with van der Waals surface area (Å²) in [5, 5.41) is 0. The molecule has 0 aliphatic heterocycles. The van der Waals surface area contributed by atoms with Gasteiger partial charge in [0.2, 0.25) is 0 Å². The Kier molecular flexibility index (Phi) is 6.74. The summed E-state index contributed by atoms with van der Waals surface area (Å²) in [6.07, 6.45) is -7.85. The second kappa shape index (κ2) is 7.21. The Morgan fingerprint density at radius 2 is 1.14 bits per heavy atom. The van der Waals surface area contributed by atoms with Crippen LogP contribution < -0.4 is 0 Å². The number of alkyl halides is 13. The molecule has 0 bridgehead atoms. The smallest absolute Gasteiger partial charge is 0.267 e. The van der Waals surface area contributed by atoms with E-state index in [1.807, 2.05) is 0 Å². The van der Waals surface area contributed by atoms with E-state index in [-0.39, 0.29) is 13.1 Å². The van der Waals surface area contributed by atoms with E-state index in [0.29, 0.717) is 0 Å². The van der Waals surface area contributed by atoms with Gasteiger partial charge in [0, 0.05) is 11.8 Å². The minimum absolute atomic E-state index is 0.0424. The Morgan fingerprint density at radius 3 is 1.46 bits per heavy atom. The number of carbonyl (C=O) groups excluding carboxylic acids is 1. The molecule has 164 valence electrons.